The number of hydrogen-bond donors (Lipinski definition) is 3. The van der Waals surface area contributed by atoms with Crippen LogP contribution in [0.4, 0.5) is 4.39 Å². The molecule has 4 N–H and O–H groups in total. The Morgan fingerprint density at radius 2 is 2.25 bits per heavy atom. The molecular formula is C12H18FN3. The summed E-state index contributed by atoms with van der Waals surface area (Å²) >= 11 is 0. The van der Waals surface area contributed by atoms with Gasteiger partial charge in [-0.05, 0) is 43.4 Å². The number of nitrogens with two attached hydrogens (primary N) is 1. The number of rotatable bonds is 2. The van der Waals surface area contributed by atoms with Crippen molar-refractivity contribution in [3.8, 4) is 0 Å². The van der Waals surface area contributed by atoms with Crippen LogP contribution in [0.3, 0.4) is 0 Å². The van der Waals surface area contributed by atoms with Crippen molar-refractivity contribution in [2.45, 2.75) is 25.7 Å². The molecule has 0 bridgehead atoms. The molecule has 0 radical (unpaired) electrons. The summed E-state index contributed by atoms with van der Waals surface area (Å²) in [6, 6.07) is 6.91. The highest BCUT2D eigenvalue weighted by Gasteiger charge is 2.23. The Balaban J connectivity index is 0.000000187. The summed E-state index contributed by atoms with van der Waals surface area (Å²) in [5.74, 6) is 0.595. The third-order valence-electron chi connectivity index (χ3n) is 2.26. The minimum absolute atomic E-state index is 0.0394. The zero-order valence-electron chi connectivity index (χ0n) is 9.46. The van der Waals surface area contributed by atoms with Crippen molar-refractivity contribution in [2.24, 2.45) is 5.73 Å². The molecule has 0 amide bonds. The second-order valence-corrected chi connectivity index (χ2v) is 3.77. The van der Waals surface area contributed by atoms with Gasteiger partial charge in [0.25, 0.3) is 0 Å². The monoisotopic (exact) mass is 223 g/mol. The summed E-state index contributed by atoms with van der Waals surface area (Å²) in [6.07, 6.45) is 2.48. The average Bonchev–Trinajstić information content (AvgIpc) is 3.01. The molecule has 2 rings (SSSR count). The third-order valence-corrected chi connectivity index (χ3v) is 2.26. The van der Waals surface area contributed by atoms with Crippen LogP contribution in [0, 0.1) is 11.2 Å². The lowest BCUT2D eigenvalue weighted by Gasteiger charge is -1.94. The predicted molar refractivity (Wildman–Crippen MR) is 64.0 cm³/mol. The van der Waals surface area contributed by atoms with Crippen molar-refractivity contribution >= 4 is 5.96 Å². The van der Waals surface area contributed by atoms with Crippen molar-refractivity contribution in [1.82, 2.24) is 5.32 Å². The molecule has 1 aromatic carbocycles. The van der Waals surface area contributed by atoms with E-state index in [1.165, 1.54) is 24.5 Å². The number of hydrogen-bond acceptors (Lipinski definition) is 1. The van der Waals surface area contributed by atoms with Crippen molar-refractivity contribution in [2.75, 3.05) is 6.54 Å². The summed E-state index contributed by atoms with van der Waals surface area (Å²) in [4.78, 5) is 0. The van der Waals surface area contributed by atoms with Crippen LogP contribution in [-0.4, -0.2) is 12.5 Å². The lowest BCUT2D eigenvalue weighted by atomic mass is 10.1. The maximum absolute atomic E-state index is 12.6. The smallest absolute Gasteiger partial charge is 0.185 e. The van der Waals surface area contributed by atoms with E-state index in [2.05, 4.69) is 5.32 Å². The van der Waals surface area contributed by atoms with Crippen LogP contribution in [0.15, 0.2) is 24.3 Å². The van der Waals surface area contributed by atoms with Gasteiger partial charge in [-0.25, -0.2) is 4.39 Å². The van der Waals surface area contributed by atoms with E-state index < -0.39 is 0 Å². The SMILES string of the molecule is CCNC(=N)N.Fc1cccc(C2CC2)c1. The maximum Gasteiger partial charge on any atom is 0.185 e. The molecule has 16 heavy (non-hydrogen) atoms. The molecule has 3 nitrogen and oxygen atoms in total. The first-order valence-electron chi connectivity index (χ1n) is 5.46. The second-order valence-electron chi connectivity index (χ2n) is 3.77. The van der Waals surface area contributed by atoms with Crippen LogP contribution in [0.1, 0.15) is 31.2 Å². The fraction of sp³-hybridized carbons (Fsp3) is 0.417. The lowest BCUT2D eigenvalue weighted by Crippen LogP contribution is -2.29. The van der Waals surface area contributed by atoms with E-state index in [4.69, 9.17) is 11.1 Å². The first-order valence-corrected chi connectivity index (χ1v) is 5.46. The number of guanidine groups is 1. The quantitative estimate of drug-likeness (QED) is 0.531. The first kappa shape index (κ1) is 12.5. The third kappa shape index (κ3) is 4.77. The molecule has 4 heteroatoms. The normalized spacial score (nSPS) is 13.6. The van der Waals surface area contributed by atoms with Gasteiger partial charge in [-0.1, -0.05) is 12.1 Å². The van der Waals surface area contributed by atoms with E-state index in [9.17, 15) is 4.39 Å². The standard InChI is InChI=1S/C9H9F.C3H9N3/c10-9-3-1-2-8(6-9)7-4-5-7;1-2-6-3(4)5/h1-3,6-7H,4-5H2;2H2,1H3,(H4,4,5,6). The van der Waals surface area contributed by atoms with Crippen molar-refractivity contribution < 1.29 is 4.39 Å². The molecule has 1 saturated carbocycles. The number of nitrogens with one attached hydrogen (secondary N) is 2. The van der Waals surface area contributed by atoms with E-state index >= 15 is 0 Å². The van der Waals surface area contributed by atoms with Gasteiger partial charge < -0.3 is 11.1 Å². The highest BCUT2D eigenvalue weighted by Crippen LogP contribution is 2.39. The molecule has 1 fully saturated rings. The first-order chi connectivity index (χ1) is 7.63. The molecule has 0 saturated heterocycles. The maximum atomic E-state index is 12.6. The van der Waals surface area contributed by atoms with E-state index in [0.29, 0.717) is 5.92 Å². The lowest BCUT2D eigenvalue weighted by molar-refractivity contribution is 0.625. The van der Waals surface area contributed by atoms with Crippen LogP contribution in [0.5, 0.6) is 0 Å². The van der Waals surface area contributed by atoms with Crippen LogP contribution in [0.2, 0.25) is 0 Å². The van der Waals surface area contributed by atoms with Gasteiger partial charge in [0.2, 0.25) is 0 Å². The molecule has 0 aliphatic heterocycles. The molecular weight excluding hydrogens is 205 g/mol. The van der Waals surface area contributed by atoms with Crippen molar-refractivity contribution in [1.29, 1.82) is 5.41 Å². The zero-order valence-corrected chi connectivity index (χ0v) is 9.46. The van der Waals surface area contributed by atoms with Crippen LogP contribution in [-0.2, 0) is 0 Å². The molecule has 1 aliphatic rings. The molecule has 0 spiro atoms. The van der Waals surface area contributed by atoms with Gasteiger partial charge in [-0.15, -0.1) is 0 Å². The number of benzene rings is 1. The van der Waals surface area contributed by atoms with Gasteiger partial charge in [0.05, 0.1) is 0 Å². The van der Waals surface area contributed by atoms with Crippen LogP contribution >= 0.6 is 0 Å². The van der Waals surface area contributed by atoms with Gasteiger partial charge in [0.1, 0.15) is 5.82 Å². The minimum atomic E-state index is -0.107. The van der Waals surface area contributed by atoms with Crippen molar-refractivity contribution in [3.05, 3.63) is 35.6 Å². The summed E-state index contributed by atoms with van der Waals surface area (Å²) in [5.41, 5.74) is 6.04. The molecule has 0 atom stereocenters. The Bertz CT molecular complexity index is 348. The topological polar surface area (TPSA) is 61.9 Å². The van der Waals surface area contributed by atoms with Gasteiger partial charge >= 0.3 is 0 Å². The highest BCUT2D eigenvalue weighted by atomic mass is 19.1. The predicted octanol–water partition coefficient (Wildman–Crippen LogP) is 2.19. The molecule has 0 unspecified atom stereocenters. The molecule has 0 heterocycles. The van der Waals surface area contributed by atoms with Crippen molar-refractivity contribution in [3.63, 3.8) is 0 Å². The van der Waals surface area contributed by atoms with E-state index in [1.54, 1.807) is 12.1 Å². The molecule has 1 aliphatic carbocycles. The summed E-state index contributed by atoms with van der Waals surface area (Å²) in [6.45, 7) is 2.62. The zero-order chi connectivity index (χ0) is 12.0. The van der Waals surface area contributed by atoms with Gasteiger partial charge in [-0.2, -0.15) is 0 Å². The van der Waals surface area contributed by atoms with Crippen LogP contribution in [0.25, 0.3) is 0 Å². The van der Waals surface area contributed by atoms with E-state index in [1.807, 2.05) is 13.0 Å². The second kappa shape index (κ2) is 6.10. The Morgan fingerprint density at radius 1 is 1.56 bits per heavy atom. The average molecular weight is 223 g/mol. The summed E-state index contributed by atoms with van der Waals surface area (Å²) < 4.78 is 12.6. The summed E-state index contributed by atoms with van der Waals surface area (Å²) in [5, 5.41) is 9.13. The van der Waals surface area contributed by atoms with Gasteiger partial charge in [-0.3, -0.25) is 5.41 Å². The molecule has 88 valence electrons. The fourth-order valence-electron chi connectivity index (χ4n) is 1.37. The summed E-state index contributed by atoms with van der Waals surface area (Å²) in [7, 11) is 0. The Hall–Kier alpha value is -1.58. The minimum Gasteiger partial charge on any atom is -0.370 e. The van der Waals surface area contributed by atoms with Crippen LogP contribution < -0.4 is 11.1 Å². The Labute approximate surface area is 95.4 Å². The molecule has 1 aromatic rings. The van der Waals surface area contributed by atoms with Gasteiger partial charge in [0, 0.05) is 6.54 Å². The fourth-order valence-corrected chi connectivity index (χ4v) is 1.37. The Kier molecular flexibility index (Phi) is 4.76. The largest absolute Gasteiger partial charge is 0.370 e. The highest BCUT2D eigenvalue weighted by molar-refractivity contribution is 5.74. The van der Waals surface area contributed by atoms with Gasteiger partial charge in [0.15, 0.2) is 5.96 Å². The number of halogens is 1. The van der Waals surface area contributed by atoms with E-state index in [-0.39, 0.29) is 11.8 Å². The molecule has 0 aromatic heterocycles. The van der Waals surface area contributed by atoms with E-state index in [0.717, 1.165) is 6.54 Å². The Morgan fingerprint density at radius 3 is 2.62 bits per heavy atom.